The Morgan fingerprint density at radius 1 is 0.923 bits per heavy atom. The van der Waals surface area contributed by atoms with E-state index in [1.54, 1.807) is 0 Å². The van der Waals surface area contributed by atoms with Crippen molar-refractivity contribution in [2.75, 3.05) is 6.61 Å². The summed E-state index contributed by atoms with van der Waals surface area (Å²) in [6, 6.07) is 22.6. The number of fused-ring (bicyclic) bond motifs is 1. The summed E-state index contributed by atoms with van der Waals surface area (Å²) in [5.41, 5.74) is 1.00. The molecule has 132 valence electrons. The monoisotopic (exact) mass is 347 g/mol. The lowest BCUT2D eigenvalue weighted by Gasteiger charge is -2.16. The maximum absolute atomic E-state index is 12.3. The summed E-state index contributed by atoms with van der Waals surface area (Å²) < 4.78 is 5.69. The van der Waals surface area contributed by atoms with E-state index < -0.39 is 6.04 Å². The number of carbonyl (C=O) groups is 2. The van der Waals surface area contributed by atoms with E-state index in [-0.39, 0.29) is 18.3 Å². The fourth-order valence-corrected chi connectivity index (χ4v) is 2.85. The van der Waals surface area contributed by atoms with Gasteiger partial charge in [0.2, 0.25) is 0 Å². The highest BCUT2D eigenvalue weighted by atomic mass is 16.5. The molecule has 1 atom stereocenters. The summed E-state index contributed by atoms with van der Waals surface area (Å²) in [6.45, 7) is 1.35. The van der Waals surface area contributed by atoms with Gasteiger partial charge in [-0.3, -0.25) is 9.59 Å². The summed E-state index contributed by atoms with van der Waals surface area (Å²) >= 11 is 0. The Kier molecular flexibility index (Phi) is 5.64. The maximum atomic E-state index is 12.3. The van der Waals surface area contributed by atoms with Gasteiger partial charge >= 0.3 is 0 Å². The van der Waals surface area contributed by atoms with Crippen LogP contribution in [0.3, 0.4) is 0 Å². The molecular weight excluding hydrogens is 326 g/mol. The number of carbonyl (C=O) groups excluding carboxylic acids is 2. The normalized spacial score (nSPS) is 11.7. The van der Waals surface area contributed by atoms with Crippen LogP contribution in [0.2, 0.25) is 0 Å². The number of nitrogens with one attached hydrogen (secondary N) is 1. The van der Waals surface area contributed by atoms with Gasteiger partial charge in [-0.1, -0.05) is 66.7 Å². The highest BCUT2D eigenvalue weighted by Gasteiger charge is 2.18. The summed E-state index contributed by atoms with van der Waals surface area (Å²) in [5, 5.41) is 4.78. The molecule has 3 rings (SSSR count). The lowest BCUT2D eigenvalue weighted by molar-refractivity contribution is -0.128. The van der Waals surface area contributed by atoms with Crippen LogP contribution in [0.1, 0.15) is 12.5 Å². The van der Waals surface area contributed by atoms with Crippen molar-refractivity contribution in [3.05, 3.63) is 78.4 Å². The first-order chi connectivity index (χ1) is 12.6. The Morgan fingerprint density at radius 2 is 1.62 bits per heavy atom. The highest BCUT2D eigenvalue weighted by Crippen LogP contribution is 2.24. The van der Waals surface area contributed by atoms with Crippen molar-refractivity contribution < 1.29 is 14.3 Å². The summed E-state index contributed by atoms with van der Waals surface area (Å²) in [7, 11) is 0. The third-order valence-corrected chi connectivity index (χ3v) is 4.22. The third kappa shape index (κ3) is 4.48. The smallest absolute Gasteiger partial charge is 0.258 e. The second kappa shape index (κ2) is 8.30. The number of hydrogen-bond acceptors (Lipinski definition) is 3. The van der Waals surface area contributed by atoms with Crippen LogP contribution >= 0.6 is 0 Å². The Morgan fingerprint density at radius 3 is 2.38 bits per heavy atom. The van der Waals surface area contributed by atoms with Gasteiger partial charge in [0.05, 0.1) is 6.04 Å². The Balaban J connectivity index is 1.62. The number of Topliss-reactive ketones (excluding diaryl/α,β-unsaturated/α-hetero) is 1. The minimum absolute atomic E-state index is 0.0765. The second-order valence-corrected chi connectivity index (χ2v) is 6.19. The van der Waals surface area contributed by atoms with Gasteiger partial charge in [0.15, 0.2) is 12.4 Å². The topological polar surface area (TPSA) is 55.4 Å². The van der Waals surface area contributed by atoms with E-state index in [9.17, 15) is 9.59 Å². The molecule has 1 N–H and O–H groups in total. The van der Waals surface area contributed by atoms with Gasteiger partial charge in [0.1, 0.15) is 5.75 Å². The van der Waals surface area contributed by atoms with Gasteiger partial charge in [-0.05, 0) is 30.4 Å². The number of rotatable bonds is 7. The van der Waals surface area contributed by atoms with Gasteiger partial charge in [-0.25, -0.2) is 0 Å². The van der Waals surface area contributed by atoms with E-state index in [1.807, 2.05) is 72.8 Å². The second-order valence-electron chi connectivity index (χ2n) is 6.19. The van der Waals surface area contributed by atoms with E-state index in [4.69, 9.17) is 4.74 Å². The molecule has 0 unspecified atom stereocenters. The zero-order valence-electron chi connectivity index (χ0n) is 14.6. The number of amides is 1. The summed E-state index contributed by atoms with van der Waals surface area (Å²) in [6.07, 6.45) is 0.468. The molecule has 0 aliphatic heterocycles. The maximum Gasteiger partial charge on any atom is 0.258 e. The average Bonchev–Trinajstić information content (AvgIpc) is 2.66. The number of ketones is 1. The predicted octanol–water partition coefficient (Wildman–Crippen LogP) is 3.54. The van der Waals surface area contributed by atoms with Crippen molar-refractivity contribution >= 4 is 22.5 Å². The van der Waals surface area contributed by atoms with Crippen molar-refractivity contribution in [2.45, 2.75) is 19.4 Å². The van der Waals surface area contributed by atoms with Crippen LogP contribution in [0.5, 0.6) is 5.75 Å². The van der Waals surface area contributed by atoms with Gasteiger partial charge in [-0.2, -0.15) is 0 Å². The van der Waals surface area contributed by atoms with Crippen LogP contribution in [0.15, 0.2) is 72.8 Å². The van der Waals surface area contributed by atoms with Gasteiger partial charge in [-0.15, -0.1) is 0 Å². The van der Waals surface area contributed by atoms with Crippen LogP contribution < -0.4 is 10.1 Å². The van der Waals surface area contributed by atoms with Crippen molar-refractivity contribution in [3.8, 4) is 5.75 Å². The molecule has 0 aliphatic rings. The Hall–Kier alpha value is -3.14. The number of hydrogen-bond donors (Lipinski definition) is 1. The van der Waals surface area contributed by atoms with Gasteiger partial charge in [0.25, 0.3) is 5.91 Å². The van der Waals surface area contributed by atoms with E-state index in [0.29, 0.717) is 12.2 Å². The molecule has 0 spiro atoms. The summed E-state index contributed by atoms with van der Waals surface area (Å²) in [5.74, 6) is 0.266. The van der Waals surface area contributed by atoms with Crippen LogP contribution in [0.25, 0.3) is 10.8 Å². The van der Waals surface area contributed by atoms with E-state index in [2.05, 4.69) is 5.32 Å². The zero-order chi connectivity index (χ0) is 18.4. The van der Waals surface area contributed by atoms with Crippen LogP contribution in [-0.4, -0.2) is 24.3 Å². The molecule has 3 aromatic rings. The number of benzene rings is 3. The molecule has 4 nitrogen and oxygen atoms in total. The molecule has 26 heavy (non-hydrogen) atoms. The number of ether oxygens (including phenoxy) is 1. The first-order valence-corrected chi connectivity index (χ1v) is 8.58. The molecular formula is C22H21NO3. The van der Waals surface area contributed by atoms with E-state index in [1.165, 1.54) is 6.92 Å². The lowest BCUT2D eigenvalue weighted by Crippen LogP contribution is -2.43. The van der Waals surface area contributed by atoms with Crippen molar-refractivity contribution in [2.24, 2.45) is 0 Å². The molecule has 0 heterocycles. The van der Waals surface area contributed by atoms with Crippen molar-refractivity contribution in [1.29, 1.82) is 0 Å². The minimum Gasteiger partial charge on any atom is -0.483 e. The summed E-state index contributed by atoms with van der Waals surface area (Å²) in [4.78, 5) is 24.1. The molecule has 0 saturated carbocycles. The third-order valence-electron chi connectivity index (χ3n) is 4.22. The molecule has 0 radical (unpaired) electrons. The highest BCUT2D eigenvalue weighted by molar-refractivity contribution is 5.90. The first kappa shape index (κ1) is 17.7. The molecule has 1 amide bonds. The predicted molar refractivity (Wildman–Crippen MR) is 102 cm³/mol. The SMILES string of the molecule is CC(=O)[C@@H](Cc1ccccc1)NC(=O)COc1cccc2ccccc12. The molecule has 0 aliphatic carbocycles. The average molecular weight is 347 g/mol. The quantitative estimate of drug-likeness (QED) is 0.711. The minimum atomic E-state index is -0.555. The molecule has 4 heteroatoms. The fraction of sp³-hybridized carbons (Fsp3) is 0.182. The van der Waals surface area contributed by atoms with E-state index >= 15 is 0 Å². The zero-order valence-corrected chi connectivity index (χ0v) is 14.6. The van der Waals surface area contributed by atoms with Crippen molar-refractivity contribution in [1.82, 2.24) is 5.32 Å². The molecule has 3 aromatic carbocycles. The van der Waals surface area contributed by atoms with Crippen molar-refractivity contribution in [3.63, 3.8) is 0 Å². The van der Waals surface area contributed by atoms with Gasteiger partial charge in [0, 0.05) is 5.39 Å². The largest absolute Gasteiger partial charge is 0.483 e. The van der Waals surface area contributed by atoms with Gasteiger partial charge < -0.3 is 10.1 Å². The van der Waals surface area contributed by atoms with Crippen LogP contribution in [-0.2, 0) is 16.0 Å². The van der Waals surface area contributed by atoms with Crippen LogP contribution in [0.4, 0.5) is 0 Å². The van der Waals surface area contributed by atoms with E-state index in [0.717, 1.165) is 16.3 Å². The molecule has 0 aromatic heterocycles. The Labute approximate surface area is 152 Å². The lowest BCUT2D eigenvalue weighted by atomic mass is 10.0. The molecule has 0 bridgehead atoms. The van der Waals surface area contributed by atoms with Crippen LogP contribution in [0, 0.1) is 0 Å². The Bertz CT molecular complexity index is 900. The molecule has 0 fully saturated rings. The standard InChI is InChI=1S/C22H21NO3/c1-16(24)20(14-17-8-3-2-4-9-17)23-22(25)15-26-21-13-7-11-18-10-5-6-12-19(18)21/h2-13,20H,14-15H2,1H3,(H,23,25)/t20-/m1/s1. The molecule has 0 saturated heterocycles. The first-order valence-electron chi connectivity index (χ1n) is 8.58. The fourth-order valence-electron chi connectivity index (χ4n) is 2.85.